The van der Waals surface area contributed by atoms with Gasteiger partial charge >= 0.3 is 12.1 Å². The molecule has 6 amide bonds. The molecule has 1 aromatic heterocycles. The highest BCUT2D eigenvalue weighted by Crippen LogP contribution is 2.24. The molecule has 0 aliphatic heterocycles. The molecule has 0 saturated carbocycles. The fourth-order valence-corrected chi connectivity index (χ4v) is 8.70. The molecule has 66 heavy (non-hydrogen) atoms. The Morgan fingerprint density at radius 2 is 1.17 bits per heavy atom. The van der Waals surface area contributed by atoms with E-state index in [-0.39, 0.29) is 36.5 Å². The number of carboxylic acids is 1. The largest absolute Gasteiger partial charge is 0.508 e. The zero-order valence-electron chi connectivity index (χ0n) is 37.2. The van der Waals surface area contributed by atoms with Gasteiger partial charge in [-0.05, 0) is 62.6 Å². The Morgan fingerprint density at radius 1 is 0.667 bits per heavy atom. The Labute approximate surface area is 389 Å². The number of aromatic hydroxyl groups is 1. The van der Waals surface area contributed by atoms with Crippen LogP contribution in [0.1, 0.15) is 44.4 Å². The number of phenols is 1. The van der Waals surface area contributed by atoms with Crippen molar-refractivity contribution in [2.45, 2.75) is 94.9 Å². The number of hydrogen-bond donors (Lipinski definition) is 11. The molecular weight excluding hydrogens is 893 g/mol. The molecular formula is C45H58N8O11S2. The van der Waals surface area contributed by atoms with Crippen LogP contribution in [0.25, 0.3) is 10.9 Å². The average Bonchev–Trinajstić information content (AvgIpc) is 3.68. The lowest BCUT2D eigenvalue weighted by Gasteiger charge is -2.27. The number of para-hydroxylation sites is 1. The van der Waals surface area contributed by atoms with E-state index in [2.05, 4.69) is 36.9 Å². The maximum absolute atomic E-state index is 14.5. The summed E-state index contributed by atoms with van der Waals surface area (Å²) in [6.07, 6.45) is -0.470. The van der Waals surface area contributed by atoms with Gasteiger partial charge in [0.05, 0.1) is 6.10 Å². The number of amides is 6. The van der Waals surface area contributed by atoms with Crippen molar-refractivity contribution in [3.8, 4) is 5.75 Å². The van der Waals surface area contributed by atoms with E-state index in [1.165, 1.54) is 26.1 Å². The first kappa shape index (κ1) is 52.3. The van der Waals surface area contributed by atoms with Crippen molar-refractivity contribution in [2.75, 3.05) is 18.6 Å². The zero-order valence-corrected chi connectivity index (χ0v) is 38.8. The number of aliphatic carboxylic acids is 1. The minimum absolute atomic E-state index is 0.0140. The van der Waals surface area contributed by atoms with Crippen LogP contribution in [0.4, 0.5) is 4.79 Å². The van der Waals surface area contributed by atoms with E-state index in [1.54, 1.807) is 69.4 Å². The number of rotatable bonds is 23. The number of carbonyl (C=O) groups excluding carboxylic acids is 6. The molecule has 0 aliphatic carbocycles. The lowest BCUT2D eigenvalue weighted by molar-refractivity contribution is -0.141. The monoisotopic (exact) mass is 950 g/mol. The molecule has 4 aromatic rings. The Kier molecular flexibility index (Phi) is 19.7. The number of carbonyl (C=O) groups is 7. The Bertz CT molecular complexity index is 2290. The molecule has 1 heterocycles. The number of aromatic amines is 1. The molecule has 3 aromatic carbocycles. The number of benzene rings is 3. The number of ether oxygens (including phenoxy) is 1. The van der Waals surface area contributed by atoms with Gasteiger partial charge in [-0.1, -0.05) is 82.3 Å². The van der Waals surface area contributed by atoms with Gasteiger partial charge in [0, 0.05) is 54.9 Å². The third kappa shape index (κ3) is 16.6. The van der Waals surface area contributed by atoms with E-state index in [0.717, 1.165) is 38.1 Å². The van der Waals surface area contributed by atoms with Crippen molar-refractivity contribution < 1.29 is 53.6 Å². The standard InChI is InChI=1S/C45H58N8O11S2/c1-25(54)37(46)42(60)52-36(43(61)62)24-66-65-23-35(51-40(58)33(19-26-11-7-6-8-12-26)53-44(63)64-45(2,3)4)41(59)49-32(20-27-15-17-29(55)18-16-27)39(57)50-34(38(56)47-5)21-28-22-48-31-14-10-9-13-30(28)31/h6-18,22,25,32-37,48,54-55H,19-21,23-24,46H2,1-5H3,(H,47,56)(H,49,59)(H,50,57)(H,51,58)(H,52,60)(H,53,63)(H,61,62)/t25-,32+,33-,34-,35+,36+,37+/m1/s1. The summed E-state index contributed by atoms with van der Waals surface area (Å²) in [5.74, 6) is -5.70. The molecule has 0 fully saturated rings. The lowest BCUT2D eigenvalue weighted by Crippen LogP contribution is -2.59. The van der Waals surface area contributed by atoms with Crippen molar-refractivity contribution in [3.63, 3.8) is 0 Å². The summed E-state index contributed by atoms with van der Waals surface area (Å²) in [6.45, 7) is 6.24. The molecule has 0 bridgehead atoms. The van der Waals surface area contributed by atoms with Crippen LogP contribution in [0.5, 0.6) is 5.75 Å². The molecule has 0 aliphatic rings. The third-order valence-corrected chi connectivity index (χ3v) is 12.3. The number of likely N-dealkylation sites (N-methyl/N-ethyl adjacent to an activating group) is 1. The third-order valence-electron chi connectivity index (χ3n) is 9.90. The summed E-state index contributed by atoms with van der Waals surface area (Å²) < 4.78 is 5.43. The number of H-pyrrole nitrogens is 1. The highest BCUT2D eigenvalue weighted by molar-refractivity contribution is 8.76. The van der Waals surface area contributed by atoms with Gasteiger partial charge in [-0.15, -0.1) is 0 Å². The number of aliphatic hydroxyl groups is 1. The van der Waals surface area contributed by atoms with Gasteiger partial charge < -0.3 is 62.7 Å². The maximum atomic E-state index is 14.5. The smallest absolute Gasteiger partial charge is 0.408 e. The summed E-state index contributed by atoms with van der Waals surface area (Å²) in [4.78, 5) is 96.9. The summed E-state index contributed by atoms with van der Waals surface area (Å²) in [6, 6.07) is 14.1. The van der Waals surface area contributed by atoms with E-state index in [0.29, 0.717) is 11.1 Å². The number of alkyl carbamates (subject to hydrolysis) is 1. The van der Waals surface area contributed by atoms with Crippen LogP contribution >= 0.6 is 21.6 Å². The van der Waals surface area contributed by atoms with Crippen molar-refractivity contribution in [1.82, 2.24) is 36.9 Å². The number of nitrogens with two attached hydrogens (primary N) is 1. The average molecular weight is 951 g/mol. The normalized spacial score (nSPS) is 14.5. The molecule has 0 saturated heterocycles. The number of aliphatic hydroxyl groups excluding tert-OH is 1. The van der Waals surface area contributed by atoms with Crippen LogP contribution in [-0.4, -0.2) is 128 Å². The van der Waals surface area contributed by atoms with Gasteiger partial charge in [-0.25, -0.2) is 9.59 Å². The Hall–Kier alpha value is -6.29. The van der Waals surface area contributed by atoms with Crippen LogP contribution in [-0.2, 0) is 52.8 Å². The predicted octanol–water partition coefficient (Wildman–Crippen LogP) is 1.65. The molecule has 12 N–H and O–H groups in total. The number of nitrogens with one attached hydrogen (secondary N) is 7. The molecule has 0 spiro atoms. The van der Waals surface area contributed by atoms with Gasteiger partial charge in [0.25, 0.3) is 0 Å². The van der Waals surface area contributed by atoms with Gasteiger partial charge in [0.15, 0.2) is 0 Å². The molecule has 0 unspecified atom stereocenters. The van der Waals surface area contributed by atoms with Crippen LogP contribution in [0, 0.1) is 0 Å². The van der Waals surface area contributed by atoms with Crippen molar-refractivity contribution in [3.05, 3.63) is 102 Å². The zero-order chi connectivity index (χ0) is 48.6. The second kappa shape index (κ2) is 24.8. The van der Waals surface area contributed by atoms with Gasteiger partial charge in [0.2, 0.25) is 29.5 Å². The van der Waals surface area contributed by atoms with Crippen LogP contribution in [0.15, 0.2) is 85.1 Å². The second-order valence-electron chi connectivity index (χ2n) is 16.4. The van der Waals surface area contributed by atoms with Gasteiger partial charge in [-0.2, -0.15) is 0 Å². The molecule has 21 heteroatoms. The summed E-state index contributed by atoms with van der Waals surface area (Å²) in [5.41, 5.74) is 7.53. The maximum Gasteiger partial charge on any atom is 0.408 e. The van der Waals surface area contributed by atoms with Crippen molar-refractivity contribution >= 4 is 74.1 Å². The summed E-state index contributed by atoms with van der Waals surface area (Å²) in [5, 5.41) is 46.0. The van der Waals surface area contributed by atoms with E-state index >= 15 is 0 Å². The van der Waals surface area contributed by atoms with Crippen LogP contribution in [0.2, 0.25) is 0 Å². The minimum Gasteiger partial charge on any atom is -0.508 e. The first-order chi connectivity index (χ1) is 31.2. The number of hydrogen-bond acceptors (Lipinski definition) is 13. The Balaban J connectivity index is 1.64. The number of aromatic nitrogens is 1. The number of fused-ring (bicyclic) bond motifs is 1. The first-order valence-electron chi connectivity index (χ1n) is 20.9. The second-order valence-corrected chi connectivity index (χ2v) is 18.9. The number of carboxylic acid groups (broad SMARTS) is 1. The fraction of sp³-hybridized carbons (Fsp3) is 0.400. The van der Waals surface area contributed by atoms with Crippen LogP contribution < -0.4 is 37.6 Å². The Morgan fingerprint density at radius 3 is 1.74 bits per heavy atom. The predicted molar refractivity (Wildman–Crippen MR) is 251 cm³/mol. The van der Waals surface area contributed by atoms with E-state index in [1.807, 2.05) is 24.3 Å². The highest BCUT2D eigenvalue weighted by Gasteiger charge is 2.33. The number of phenolic OH excluding ortho intramolecular Hbond substituents is 1. The van der Waals surface area contributed by atoms with E-state index in [4.69, 9.17) is 10.5 Å². The lowest BCUT2D eigenvalue weighted by atomic mass is 10.0. The molecule has 0 radical (unpaired) electrons. The van der Waals surface area contributed by atoms with Crippen molar-refractivity contribution in [2.24, 2.45) is 5.73 Å². The molecule has 7 atom stereocenters. The quantitative estimate of drug-likeness (QED) is 0.0373. The van der Waals surface area contributed by atoms with Crippen molar-refractivity contribution in [1.29, 1.82) is 0 Å². The fourth-order valence-electron chi connectivity index (χ4n) is 6.38. The van der Waals surface area contributed by atoms with E-state index < -0.39 is 89.6 Å². The topological polar surface area (TPSA) is 303 Å². The summed E-state index contributed by atoms with van der Waals surface area (Å²) >= 11 is 0. The molecule has 356 valence electrons. The molecule has 19 nitrogen and oxygen atoms in total. The first-order valence-corrected chi connectivity index (χ1v) is 23.4. The van der Waals surface area contributed by atoms with Gasteiger partial charge in [-0.3, -0.25) is 24.0 Å². The minimum atomic E-state index is -1.45. The van der Waals surface area contributed by atoms with E-state index in [9.17, 15) is 48.9 Å². The SMILES string of the molecule is CNC(=O)[C@@H](Cc1c[nH]c2ccccc12)NC(=O)[C@H](Cc1ccc(O)cc1)NC(=O)[C@H](CSSC[C@H](NC(=O)[C@@H](N)[C@@H](C)O)C(=O)O)NC(=O)[C@@H](Cc1ccccc1)NC(=O)OC(C)(C)C. The summed E-state index contributed by atoms with van der Waals surface area (Å²) in [7, 11) is 3.34. The van der Waals surface area contributed by atoms with Crippen LogP contribution in [0.3, 0.4) is 0 Å². The highest BCUT2D eigenvalue weighted by atomic mass is 33.1. The molecule has 4 rings (SSSR count). The van der Waals surface area contributed by atoms with Gasteiger partial charge in [0.1, 0.15) is 47.6 Å².